The Labute approximate surface area is 129 Å². The number of ether oxygens (including phenoxy) is 1. The summed E-state index contributed by atoms with van der Waals surface area (Å²) in [6.45, 7) is 17.6. The maximum absolute atomic E-state index is 12.3. The first-order chi connectivity index (χ1) is 9.39. The molecule has 0 aromatic heterocycles. The van der Waals surface area contributed by atoms with Crippen molar-refractivity contribution >= 4 is 13.2 Å². The van der Waals surface area contributed by atoms with Crippen molar-refractivity contribution in [3.05, 3.63) is 0 Å². The van der Waals surface area contributed by atoms with Gasteiger partial charge in [-0.05, 0) is 62.3 Å². The highest BCUT2D eigenvalue weighted by molar-refractivity contribution is 6.47. The summed E-state index contributed by atoms with van der Waals surface area (Å²) in [7, 11) is -0.542. The van der Waals surface area contributed by atoms with E-state index in [4.69, 9.17) is 14.0 Å². The minimum atomic E-state index is -0.542. The third kappa shape index (κ3) is 3.92. The quantitative estimate of drug-likeness (QED) is 0.748. The normalized spacial score (nSPS) is 21.8. The minimum absolute atomic E-state index is 0.0861. The fraction of sp³-hybridized carbons (Fsp3) is 0.933. The van der Waals surface area contributed by atoms with Crippen LogP contribution in [0.25, 0.3) is 0 Å². The number of carbonyl (C=O) groups excluding carboxylic acids is 1. The molecule has 0 saturated carbocycles. The van der Waals surface area contributed by atoms with Gasteiger partial charge < -0.3 is 18.9 Å². The van der Waals surface area contributed by atoms with Gasteiger partial charge in [0.25, 0.3) is 0 Å². The molecule has 0 aromatic rings. The van der Waals surface area contributed by atoms with Crippen molar-refractivity contribution in [2.24, 2.45) is 0 Å². The van der Waals surface area contributed by atoms with Crippen LogP contribution in [0.4, 0.5) is 4.79 Å². The molecule has 0 radical (unpaired) electrons. The second-order valence-corrected chi connectivity index (χ2v) is 7.31. The minimum Gasteiger partial charge on any atom is -0.449 e. The van der Waals surface area contributed by atoms with E-state index in [0.717, 1.165) is 0 Å². The third-order valence-electron chi connectivity index (χ3n) is 4.26. The van der Waals surface area contributed by atoms with Crippen molar-refractivity contribution in [3.63, 3.8) is 0 Å². The van der Waals surface area contributed by atoms with Gasteiger partial charge in [-0.2, -0.15) is 0 Å². The maximum Gasteiger partial charge on any atom is 0.501 e. The zero-order valence-corrected chi connectivity index (χ0v) is 14.9. The van der Waals surface area contributed by atoms with Crippen molar-refractivity contribution in [2.75, 3.05) is 0 Å². The molecule has 1 fully saturated rings. The van der Waals surface area contributed by atoms with Crippen LogP contribution in [0.5, 0.6) is 0 Å². The van der Waals surface area contributed by atoms with E-state index >= 15 is 0 Å². The lowest BCUT2D eigenvalue weighted by atomic mass is 9.82. The Balaban J connectivity index is 2.70. The standard InChI is InChI=1S/C15H30BNO4/c1-10(2)17(11(3)4)13(18)19-12(5)16-20-14(6,7)15(8,9)21-16/h10-12H,1-9H3/t12-/m1/s1. The first-order valence-electron chi connectivity index (χ1n) is 7.73. The van der Waals surface area contributed by atoms with Gasteiger partial charge in [-0.15, -0.1) is 0 Å². The van der Waals surface area contributed by atoms with Gasteiger partial charge in [0, 0.05) is 12.1 Å². The van der Waals surface area contributed by atoms with Crippen molar-refractivity contribution < 1.29 is 18.8 Å². The van der Waals surface area contributed by atoms with Crippen LogP contribution in [0.2, 0.25) is 0 Å². The van der Waals surface area contributed by atoms with E-state index < -0.39 is 24.3 Å². The Morgan fingerprint density at radius 3 is 1.67 bits per heavy atom. The fourth-order valence-corrected chi connectivity index (χ4v) is 2.37. The molecule has 1 aliphatic rings. The number of carbonyl (C=O) groups is 1. The average molecular weight is 299 g/mol. The van der Waals surface area contributed by atoms with Crippen LogP contribution >= 0.6 is 0 Å². The zero-order valence-electron chi connectivity index (χ0n) is 14.9. The van der Waals surface area contributed by atoms with Gasteiger partial charge in [0.15, 0.2) is 0 Å². The van der Waals surface area contributed by atoms with E-state index in [-0.39, 0.29) is 18.2 Å². The Hall–Kier alpha value is -0.745. The highest BCUT2D eigenvalue weighted by Crippen LogP contribution is 2.37. The summed E-state index contributed by atoms with van der Waals surface area (Å²) < 4.78 is 17.4. The van der Waals surface area contributed by atoms with Crippen LogP contribution in [0, 0.1) is 0 Å². The lowest BCUT2D eigenvalue weighted by Gasteiger charge is -2.32. The topological polar surface area (TPSA) is 48.0 Å². The summed E-state index contributed by atoms with van der Waals surface area (Å²) in [5.74, 6) is 0. The van der Waals surface area contributed by atoms with Crippen LogP contribution in [-0.2, 0) is 14.0 Å². The molecule has 1 atom stereocenters. The molecular weight excluding hydrogens is 269 g/mol. The van der Waals surface area contributed by atoms with Gasteiger partial charge in [0.1, 0.15) is 6.00 Å². The summed E-state index contributed by atoms with van der Waals surface area (Å²) in [6, 6.07) is -0.287. The van der Waals surface area contributed by atoms with E-state index in [1.54, 1.807) is 11.8 Å². The summed E-state index contributed by atoms with van der Waals surface area (Å²) >= 11 is 0. The predicted octanol–water partition coefficient (Wildman–Crippen LogP) is 3.26. The summed E-state index contributed by atoms with van der Waals surface area (Å²) in [5, 5.41) is 0. The molecule has 0 aliphatic carbocycles. The third-order valence-corrected chi connectivity index (χ3v) is 4.26. The lowest BCUT2D eigenvalue weighted by molar-refractivity contribution is 0.00578. The zero-order chi connectivity index (χ0) is 16.6. The molecule has 5 nitrogen and oxygen atoms in total. The summed E-state index contributed by atoms with van der Waals surface area (Å²) in [4.78, 5) is 14.0. The fourth-order valence-electron chi connectivity index (χ4n) is 2.37. The molecule has 1 heterocycles. The van der Waals surface area contributed by atoms with Crippen LogP contribution < -0.4 is 0 Å². The number of hydrogen-bond acceptors (Lipinski definition) is 4. The van der Waals surface area contributed by atoms with Gasteiger partial charge >= 0.3 is 13.2 Å². The number of rotatable bonds is 4. The van der Waals surface area contributed by atoms with Crippen LogP contribution in [0.15, 0.2) is 0 Å². The van der Waals surface area contributed by atoms with Crippen molar-refractivity contribution in [1.29, 1.82) is 0 Å². The predicted molar refractivity (Wildman–Crippen MR) is 84.1 cm³/mol. The number of amides is 1. The number of nitrogens with zero attached hydrogens (tertiary/aromatic N) is 1. The van der Waals surface area contributed by atoms with Crippen LogP contribution in [0.1, 0.15) is 62.3 Å². The Morgan fingerprint density at radius 1 is 0.952 bits per heavy atom. The van der Waals surface area contributed by atoms with Gasteiger partial charge in [0.05, 0.1) is 11.2 Å². The molecule has 0 unspecified atom stereocenters. The Kier molecular flexibility index (Phi) is 5.38. The van der Waals surface area contributed by atoms with Crippen LogP contribution in [0.3, 0.4) is 0 Å². The van der Waals surface area contributed by atoms with Gasteiger partial charge in [0.2, 0.25) is 0 Å². The van der Waals surface area contributed by atoms with E-state index in [1.165, 1.54) is 0 Å². The van der Waals surface area contributed by atoms with Crippen molar-refractivity contribution in [2.45, 2.75) is 91.6 Å². The average Bonchev–Trinajstić information content (AvgIpc) is 2.46. The molecule has 0 spiro atoms. The molecule has 0 N–H and O–H groups in total. The monoisotopic (exact) mass is 299 g/mol. The van der Waals surface area contributed by atoms with Gasteiger partial charge in [-0.1, -0.05) is 0 Å². The lowest BCUT2D eigenvalue weighted by Crippen LogP contribution is -2.46. The molecule has 122 valence electrons. The molecule has 1 rings (SSSR count). The molecule has 0 aromatic carbocycles. The molecule has 1 saturated heterocycles. The molecule has 0 bridgehead atoms. The smallest absolute Gasteiger partial charge is 0.449 e. The van der Waals surface area contributed by atoms with E-state index in [1.807, 2.05) is 55.4 Å². The van der Waals surface area contributed by atoms with E-state index in [2.05, 4.69) is 0 Å². The van der Waals surface area contributed by atoms with Crippen molar-refractivity contribution in [3.8, 4) is 0 Å². The summed E-state index contributed by atoms with van der Waals surface area (Å²) in [5.41, 5.74) is -0.845. The SMILES string of the molecule is CC(C)N(C(=O)O[C@H](C)B1OC(C)(C)C(C)(C)O1)C(C)C. The number of hydrogen-bond donors (Lipinski definition) is 0. The van der Waals surface area contributed by atoms with Crippen LogP contribution in [-0.4, -0.2) is 47.4 Å². The van der Waals surface area contributed by atoms with E-state index in [9.17, 15) is 4.79 Å². The second-order valence-electron chi connectivity index (χ2n) is 7.31. The Morgan fingerprint density at radius 2 is 1.33 bits per heavy atom. The molecular formula is C15H30BNO4. The molecule has 1 aliphatic heterocycles. The molecule has 21 heavy (non-hydrogen) atoms. The molecule has 1 amide bonds. The largest absolute Gasteiger partial charge is 0.501 e. The Bertz CT molecular complexity index is 358. The summed E-state index contributed by atoms with van der Waals surface area (Å²) in [6.07, 6.45) is -0.331. The second kappa shape index (κ2) is 6.17. The van der Waals surface area contributed by atoms with Gasteiger partial charge in [-0.3, -0.25) is 0 Å². The first kappa shape index (κ1) is 18.3. The van der Waals surface area contributed by atoms with E-state index in [0.29, 0.717) is 0 Å². The van der Waals surface area contributed by atoms with Crippen molar-refractivity contribution in [1.82, 2.24) is 4.90 Å². The highest BCUT2D eigenvalue weighted by atomic mass is 16.7. The first-order valence-corrected chi connectivity index (χ1v) is 7.73. The van der Waals surface area contributed by atoms with Gasteiger partial charge in [-0.25, -0.2) is 4.79 Å². The maximum atomic E-state index is 12.3. The molecule has 6 heteroatoms. The highest BCUT2D eigenvalue weighted by Gasteiger charge is 2.54.